The van der Waals surface area contributed by atoms with Crippen LogP contribution in [0.25, 0.3) is 0 Å². The first kappa shape index (κ1) is 11.6. The van der Waals surface area contributed by atoms with Gasteiger partial charge < -0.3 is 11.1 Å². The van der Waals surface area contributed by atoms with Gasteiger partial charge in [0.05, 0.1) is 6.42 Å². The van der Waals surface area contributed by atoms with Crippen LogP contribution < -0.4 is 11.1 Å². The molecule has 0 atom stereocenters. The number of nitrogens with two attached hydrogens (primary N) is 1. The van der Waals surface area contributed by atoms with Crippen LogP contribution in [0.15, 0.2) is 18.2 Å². The molecule has 0 saturated carbocycles. The van der Waals surface area contributed by atoms with Crippen molar-refractivity contribution in [2.24, 2.45) is 0 Å². The summed E-state index contributed by atoms with van der Waals surface area (Å²) < 4.78 is 0. The minimum absolute atomic E-state index is 0.0144. The first-order valence-corrected chi connectivity index (χ1v) is 5.13. The average Bonchev–Trinajstić information content (AvgIpc) is 2.08. The number of amides is 1. The van der Waals surface area contributed by atoms with Crippen molar-refractivity contribution >= 4 is 11.6 Å². The van der Waals surface area contributed by atoms with Gasteiger partial charge in [0.2, 0.25) is 5.91 Å². The van der Waals surface area contributed by atoms with Gasteiger partial charge in [-0.25, -0.2) is 0 Å². The topological polar surface area (TPSA) is 55.1 Å². The van der Waals surface area contributed by atoms with Crippen LogP contribution in [0.4, 0.5) is 5.69 Å². The van der Waals surface area contributed by atoms with E-state index in [0.717, 1.165) is 11.1 Å². The Balaban J connectivity index is 2.68. The molecule has 0 bridgehead atoms. The van der Waals surface area contributed by atoms with Crippen molar-refractivity contribution in [1.29, 1.82) is 0 Å². The lowest BCUT2D eigenvalue weighted by atomic mass is 10.1. The van der Waals surface area contributed by atoms with Crippen LogP contribution in [-0.2, 0) is 11.2 Å². The zero-order valence-corrected chi connectivity index (χ0v) is 9.50. The van der Waals surface area contributed by atoms with Crippen LogP contribution in [0.3, 0.4) is 0 Å². The van der Waals surface area contributed by atoms with Gasteiger partial charge in [0.25, 0.3) is 0 Å². The molecule has 0 fully saturated rings. The zero-order chi connectivity index (χ0) is 11.4. The summed E-state index contributed by atoms with van der Waals surface area (Å²) >= 11 is 0. The maximum absolute atomic E-state index is 11.5. The van der Waals surface area contributed by atoms with E-state index in [-0.39, 0.29) is 11.9 Å². The third-order valence-electron chi connectivity index (χ3n) is 2.10. The summed E-state index contributed by atoms with van der Waals surface area (Å²) in [5.74, 6) is 0.0144. The standard InChI is InChI=1S/C12H18N2O/c1-8(2)14-12(15)7-10-5-4-9(3)6-11(10)13/h4-6,8H,7,13H2,1-3H3,(H,14,15). The molecule has 1 rings (SSSR count). The van der Waals surface area contributed by atoms with E-state index in [1.54, 1.807) is 0 Å². The number of nitrogen functional groups attached to an aromatic ring is 1. The van der Waals surface area contributed by atoms with Crippen LogP contribution in [0.1, 0.15) is 25.0 Å². The van der Waals surface area contributed by atoms with Crippen LogP contribution in [0.2, 0.25) is 0 Å². The van der Waals surface area contributed by atoms with Crippen molar-refractivity contribution in [2.45, 2.75) is 33.2 Å². The lowest BCUT2D eigenvalue weighted by Crippen LogP contribution is -2.31. The Bertz CT molecular complexity index is 359. The molecule has 15 heavy (non-hydrogen) atoms. The van der Waals surface area contributed by atoms with Crippen molar-refractivity contribution in [3.63, 3.8) is 0 Å². The van der Waals surface area contributed by atoms with E-state index >= 15 is 0 Å². The molecule has 3 N–H and O–H groups in total. The highest BCUT2D eigenvalue weighted by Gasteiger charge is 2.07. The lowest BCUT2D eigenvalue weighted by Gasteiger charge is -2.10. The largest absolute Gasteiger partial charge is 0.398 e. The van der Waals surface area contributed by atoms with Crippen molar-refractivity contribution < 1.29 is 4.79 Å². The fraction of sp³-hybridized carbons (Fsp3) is 0.417. The Morgan fingerprint density at radius 3 is 2.67 bits per heavy atom. The Labute approximate surface area is 90.7 Å². The number of carbonyl (C=O) groups is 1. The monoisotopic (exact) mass is 206 g/mol. The van der Waals surface area contributed by atoms with E-state index in [4.69, 9.17) is 5.73 Å². The third kappa shape index (κ3) is 3.62. The molecule has 3 nitrogen and oxygen atoms in total. The predicted molar refractivity (Wildman–Crippen MR) is 62.6 cm³/mol. The van der Waals surface area contributed by atoms with Crippen molar-refractivity contribution in [3.8, 4) is 0 Å². The number of rotatable bonds is 3. The molecule has 0 aliphatic heterocycles. The Morgan fingerprint density at radius 1 is 1.47 bits per heavy atom. The molecular formula is C12H18N2O. The van der Waals surface area contributed by atoms with Gasteiger partial charge in [-0.05, 0) is 38.0 Å². The Kier molecular flexibility index (Phi) is 3.72. The van der Waals surface area contributed by atoms with E-state index in [0.29, 0.717) is 12.1 Å². The third-order valence-corrected chi connectivity index (χ3v) is 2.10. The predicted octanol–water partition coefficient (Wildman–Crippen LogP) is 1.64. The molecular weight excluding hydrogens is 188 g/mol. The number of aryl methyl sites for hydroxylation is 1. The van der Waals surface area contributed by atoms with Crippen LogP contribution in [0.5, 0.6) is 0 Å². The van der Waals surface area contributed by atoms with E-state index in [9.17, 15) is 4.79 Å². The van der Waals surface area contributed by atoms with Gasteiger partial charge in [0, 0.05) is 11.7 Å². The fourth-order valence-electron chi connectivity index (χ4n) is 1.42. The molecule has 1 aromatic rings. The molecule has 3 heteroatoms. The van der Waals surface area contributed by atoms with Gasteiger partial charge in [0.15, 0.2) is 0 Å². The Hall–Kier alpha value is -1.51. The summed E-state index contributed by atoms with van der Waals surface area (Å²) in [6.45, 7) is 5.86. The fourth-order valence-corrected chi connectivity index (χ4v) is 1.42. The first-order valence-electron chi connectivity index (χ1n) is 5.13. The molecule has 82 valence electrons. The lowest BCUT2D eigenvalue weighted by molar-refractivity contribution is -0.120. The molecule has 0 radical (unpaired) electrons. The van der Waals surface area contributed by atoms with Gasteiger partial charge in [0.1, 0.15) is 0 Å². The quantitative estimate of drug-likeness (QED) is 0.739. The van der Waals surface area contributed by atoms with Gasteiger partial charge in [-0.2, -0.15) is 0 Å². The molecule has 0 unspecified atom stereocenters. The number of carbonyl (C=O) groups excluding carboxylic acids is 1. The average molecular weight is 206 g/mol. The van der Waals surface area contributed by atoms with Crippen LogP contribution in [-0.4, -0.2) is 11.9 Å². The normalized spacial score (nSPS) is 10.4. The number of nitrogens with one attached hydrogen (secondary N) is 1. The highest BCUT2D eigenvalue weighted by Crippen LogP contribution is 2.14. The smallest absolute Gasteiger partial charge is 0.224 e. The van der Waals surface area contributed by atoms with E-state index < -0.39 is 0 Å². The molecule has 0 aliphatic carbocycles. The summed E-state index contributed by atoms with van der Waals surface area (Å²) in [5, 5.41) is 2.84. The summed E-state index contributed by atoms with van der Waals surface area (Å²) in [4.78, 5) is 11.5. The number of hydrogen-bond donors (Lipinski definition) is 2. The van der Waals surface area contributed by atoms with Crippen molar-refractivity contribution in [1.82, 2.24) is 5.32 Å². The molecule has 1 aromatic carbocycles. The molecule has 1 amide bonds. The molecule has 0 saturated heterocycles. The minimum atomic E-state index is 0.0144. The Morgan fingerprint density at radius 2 is 2.13 bits per heavy atom. The van der Waals surface area contributed by atoms with Crippen LogP contribution >= 0.6 is 0 Å². The minimum Gasteiger partial charge on any atom is -0.398 e. The summed E-state index contributed by atoms with van der Waals surface area (Å²) in [6, 6.07) is 5.93. The zero-order valence-electron chi connectivity index (χ0n) is 9.50. The second-order valence-electron chi connectivity index (χ2n) is 4.10. The molecule has 0 heterocycles. The molecule has 0 aromatic heterocycles. The molecule has 0 aliphatic rings. The second-order valence-corrected chi connectivity index (χ2v) is 4.10. The van der Waals surface area contributed by atoms with Crippen molar-refractivity contribution in [2.75, 3.05) is 5.73 Å². The van der Waals surface area contributed by atoms with E-state index in [1.807, 2.05) is 39.0 Å². The van der Waals surface area contributed by atoms with E-state index in [2.05, 4.69) is 5.32 Å². The van der Waals surface area contributed by atoms with Gasteiger partial charge in [-0.15, -0.1) is 0 Å². The van der Waals surface area contributed by atoms with Crippen molar-refractivity contribution in [3.05, 3.63) is 29.3 Å². The van der Waals surface area contributed by atoms with Crippen LogP contribution in [0, 0.1) is 6.92 Å². The second kappa shape index (κ2) is 4.82. The van der Waals surface area contributed by atoms with Gasteiger partial charge >= 0.3 is 0 Å². The highest BCUT2D eigenvalue weighted by atomic mass is 16.1. The summed E-state index contributed by atoms with van der Waals surface area (Å²) in [6.07, 6.45) is 0.351. The SMILES string of the molecule is Cc1ccc(CC(=O)NC(C)C)c(N)c1. The molecule has 0 spiro atoms. The number of hydrogen-bond acceptors (Lipinski definition) is 2. The summed E-state index contributed by atoms with van der Waals surface area (Å²) in [7, 11) is 0. The first-order chi connectivity index (χ1) is 6.99. The van der Waals surface area contributed by atoms with Gasteiger partial charge in [-0.1, -0.05) is 12.1 Å². The summed E-state index contributed by atoms with van der Waals surface area (Å²) in [5.41, 5.74) is 8.51. The maximum atomic E-state index is 11.5. The number of anilines is 1. The maximum Gasteiger partial charge on any atom is 0.224 e. The number of benzene rings is 1. The van der Waals surface area contributed by atoms with Gasteiger partial charge in [-0.3, -0.25) is 4.79 Å². The highest BCUT2D eigenvalue weighted by molar-refractivity contribution is 5.80. The van der Waals surface area contributed by atoms with E-state index in [1.165, 1.54) is 0 Å².